The van der Waals surface area contributed by atoms with Gasteiger partial charge in [0.25, 0.3) is 0 Å². The maximum Gasteiger partial charge on any atom is 0.312 e. The van der Waals surface area contributed by atoms with Crippen molar-refractivity contribution in [2.75, 3.05) is 13.7 Å². The Hall–Kier alpha value is -1.41. The zero-order chi connectivity index (χ0) is 17.8. The van der Waals surface area contributed by atoms with Crippen LogP contribution in [-0.2, 0) is 33.0 Å². The van der Waals surface area contributed by atoms with Gasteiger partial charge in [0.15, 0.2) is 8.32 Å². The minimum Gasteiger partial charge on any atom is -0.469 e. The maximum absolute atomic E-state index is 12.2. The molecule has 0 bridgehead atoms. The summed E-state index contributed by atoms with van der Waals surface area (Å²) in [6, 6.07) is 0. The molecule has 0 amide bonds. The number of carbonyl (C=O) groups is 3. The van der Waals surface area contributed by atoms with E-state index in [0.717, 1.165) is 0 Å². The first-order chi connectivity index (χ1) is 10.5. The van der Waals surface area contributed by atoms with E-state index in [-0.39, 0.29) is 13.0 Å². The van der Waals surface area contributed by atoms with Crippen molar-refractivity contribution in [2.24, 2.45) is 11.8 Å². The monoisotopic (exact) mass is 346 g/mol. The van der Waals surface area contributed by atoms with Crippen LogP contribution in [-0.4, -0.2) is 52.1 Å². The van der Waals surface area contributed by atoms with Gasteiger partial charge in [0.1, 0.15) is 18.1 Å². The summed E-state index contributed by atoms with van der Waals surface area (Å²) in [5.74, 6) is -2.53. The second-order valence-electron chi connectivity index (χ2n) is 6.67. The maximum atomic E-state index is 12.2. The van der Waals surface area contributed by atoms with E-state index in [1.165, 1.54) is 21.0 Å². The Labute approximate surface area is 137 Å². The highest BCUT2D eigenvalue weighted by atomic mass is 28.4. The largest absolute Gasteiger partial charge is 0.469 e. The minimum absolute atomic E-state index is 0.255. The van der Waals surface area contributed by atoms with Gasteiger partial charge in [0.05, 0.1) is 7.11 Å². The summed E-state index contributed by atoms with van der Waals surface area (Å²) in [4.78, 5) is 34.8. The van der Waals surface area contributed by atoms with Gasteiger partial charge in [-0.3, -0.25) is 14.4 Å². The molecule has 8 heteroatoms. The van der Waals surface area contributed by atoms with Crippen LogP contribution in [0.4, 0.5) is 0 Å². The molecular formula is C15H26O7Si. The first-order valence-corrected chi connectivity index (χ1v) is 11.0. The highest BCUT2D eigenvalue weighted by molar-refractivity contribution is 6.69. The van der Waals surface area contributed by atoms with Crippen LogP contribution in [0.1, 0.15) is 20.3 Å². The zero-order valence-electron chi connectivity index (χ0n) is 14.6. The average molecular weight is 346 g/mol. The normalized spacial score (nSPS) is 27.4. The van der Waals surface area contributed by atoms with Crippen LogP contribution >= 0.6 is 0 Å². The van der Waals surface area contributed by atoms with Crippen molar-refractivity contribution in [1.29, 1.82) is 0 Å². The Morgan fingerprint density at radius 2 is 1.52 bits per heavy atom. The van der Waals surface area contributed by atoms with Crippen LogP contribution in [0, 0.1) is 11.8 Å². The number of carbonyl (C=O) groups excluding carboxylic acids is 3. The van der Waals surface area contributed by atoms with Crippen LogP contribution in [0.3, 0.4) is 0 Å². The molecule has 1 aliphatic carbocycles. The van der Waals surface area contributed by atoms with Gasteiger partial charge >= 0.3 is 17.9 Å². The summed E-state index contributed by atoms with van der Waals surface area (Å²) in [7, 11) is -0.543. The lowest BCUT2D eigenvalue weighted by Crippen LogP contribution is -2.39. The fourth-order valence-corrected chi connectivity index (χ4v) is 3.45. The number of hydrogen-bond acceptors (Lipinski definition) is 7. The van der Waals surface area contributed by atoms with Gasteiger partial charge in [0, 0.05) is 32.8 Å². The molecule has 0 saturated heterocycles. The topological polar surface area (TPSA) is 88.1 Å². The highest BCUT2D eigenvalue weighted by Gasteiger charge is 2.51. The van der Waals surface area contributed by atoms with E-state index < -0.39 is 50.3 Å². The molecule has 0 spiro atoms. The van der Waals surface area contributed by atoms with E-state index in [0.29, 0.717) is 0 Å². The molecule has 1 rings (SSSR count). The predicted molar refractivity (Wildman–Crippen MR) is 84.0 cm³/mol. The second-order valence-corrected chi connectivity index (χ2v) is 11.2. The molecule has 132 valence electrons. The lowest BCUT2D eigenvalue weighted by atomic mass is 9.94. The van der Waals surface area contributed by atoms with Crippen molar-refractivity contribution in [2.45, 2.75) is 52.1 Å². The average Bonchev–Trinajstić information content (AvgIpc) is 2.70. The fourth-order valence-electron chi connectivity index (χ4n) is 2.76. The number of rotatable bonds is 6. The van der Waals surface area contributed by atoms with Crippen molar-refractivity contribution in [3.8, 4) is 0 Å². The van der Waals surface area contributed by atoms with E-state index in [2.05, 4.69) is 0 Å². The van der Waals surface area contributed by atoms with Gasteiger partial charge in [0.2, 0.25) is 0 Å². The number of esters is 3. The van der Waals surface area contributed by atoms with Crippen molar-refractivity contribution in [3.63, 3.8) is 0 Å². The summed E-state index contributed by atoms with van der Waals surface area (Å²) in [5, 5.41) is 0. The van der Waals surface area contributed by atoms with Crippen LogP contribution < -0.4 is 0 Å². The van der Waals surface area contributed by atoms with Crippen molar-refractivity contribution < 1.29 is 33.0 Å². The molecule has 1 saturated carbocycles. The minimum atomic E-state index is -1.82. The molecule has 0 N–H and O–H groups in total. The molecule has 0 heterocycles. The molecule has 1 aliphatic rings. The van der Waals surface area contributed by atoms with Crippen LogP contribution in [0.15, 0.2) is 0 Å². The Kier molecular flexibility index (Phi) is 6.76. The molecule has 0 aromatic heterocycles. The Balaban J connectivity index is 3.02. The molecule has 0 aliphatic heterocycles. The van der Waals surface area contributed by atoms with Gasteiger partial charge in [-0.05, 0) is 19.6 Å². The highest BCUT2D eigenvalue weighted by Crippen LogP contribution is 2.38. The summed E-state index contributed by atoms with van der Waals surface area (Å²) in [6.45, 7) is 8.92. The zero-order valence-corrected chi connectivity index (χ0v) is 15.6. The molecular weight excluding hydrogens is 320 g/mol. The lowest BCUT2D eigenvalue weighted by molar-refractivity contribution is -0.160. The molecule has 0 radical (unpaired) electrons. The number of methoxy groups -OCH3 is 1. The van der Waals surface area contributed by atoms with Gasteiger partial charge in [-0.2, -0.15) is 0 Å². The summed E-state index contributed by atoms with van der Waals surface area (Å²) in [6.07, 6.45) is -0.963. The van der Waals surface area contributed by atoms with Crippen molar-refractivity contribution in [3.05, 3.63) is 0 Å². The lowest BCUT2D eigenvalue weighted by Gasteiger charge is -2.27. The molecule has 4 atom stereocenters. The molecule has 23 heavy (non-hydrogen) atoms. The Morgan fingerprint density at radius 3 is 1.96 bits per heavy atom. The Morgan fingerprint density at radius 1 is 1.00 bits per heavy atom. The number of hydrogen-bond donors (Lipinski definition) is 0. The fraction of sp³-hybridized carbons (Fsp3) is 0.800. The van der Waals surface area contributed by atoms with Crippen molar-refractivity contribution in [1.82, 2.24) is 0 Å². The third-order valence-corrected chi connectivity index (χ3v) is 4.65. The standard InChI is InChI=1S/C15H26O7Si/c1-9(16)21-12-7-13(22-10(2)17)14(15(18)19-3)11(12)8-20-23(4,5)6/h11-14H,7-8H2,1-6H3. The summed E-state index contributed by atoms with van der Waals surface area (Å²) < 4.78 is 21.3. The molecule has 0 aromatic carbocycles. The van der Waals surface area contributed by atoms with Gasteiger partial charge in [-0.15, -0.1) is 0 Å². The third-order valence-electron chi connectivity index (χ3n) is 3.62. The van der Waals surface area contributed by atoms with Gasteiger partial charge < -0.3 is 18.6 Å². The molecule has 4 unspecified atom stereocenters. The van der Waals surface area contributed by atoms with E-state index in [1.54, 1.807) is 0 Å². The quantitative estimate of drug-likeness (QED) is 0.409. The molecule has 1 fully saturated rings. The summed E-state index contributed by atoms with van der Waals surface area (Å²) >= 11 is 0. The second kappa shape index (κ2) is 7.92. The van der Waals surface area contributed by atoms with Crippen LogP contribution in [0.2, 0.25) is 19.6 Å². The first-order valence-electron chi connectivity index (χ1n) is 7.61. The van der Waals surface area contributed by atoms with E-state index >= 15 is 0 Å². The third kappa shape index (κ3) is 5.95. The first kappa shape index (κ1) is 19.6. The SMILES string of the molecule is COC(=O)C1C(OC(C)=O)CC(OC(C)=O)C1CO[Si](C)(C)C. The van der Waals surface area contributed by atoms with E-state index in [9.17, 15) is 14.4 Å². The predicted octanol–water partition coefficient (Wildman–Crippen LogP) is 1.51. The summed E-state index contributed by atoms with van der Waals surface area (Å²) in [5.41, 5.74) is 0. The van der Waals surface area contributed by atoms with E-state index in [1.807, 2.05) is 19.6 Å². The molecule has 0 aromatic rings. The van der Waals surface area contributed by atoms with Gasteiger partial charge in [-0.1, -0.05) is 0 Å². The van der Waals surface area contributed by atoms with Crippen LogP contribution in [0.25, 0.3) is 0 Å². The Bertz CT molecular complexity index is 457. The number of ether oxygens (including phenoxy) is 3. The van der Waals surface area contributed by atoms with E-state index in [4.69, 9.17) is 18.6 Å². The van der Waals surface area contributed by atoms with Gasteiger partial charge in [-0.25, -0.2) is 0 Å². The van der Waals surface area contributed by atoms with Crippen LogP contribution in [0.5, 0.6) is 0 Å². The smallest absolute Gasteiger partial charge is 0.312 e. The molecule has 7 nitrogen and oxygen atoms in total. The van der Waals surface area contributed by atoms with Crippen molar-refractivity contribution >= 4 is 26.2 Å².